The van der Waals surface area contributed by atoms with Crippen LogP contribution in [0.3, 0.4) is 0 Å². The van der Waals surface area contributed by atoms with Crippen molar-refractivity contribution in [2.24, 2.45) is 0 Å². The number of hydrogen-bond acceptors (Lipinski definition) is 1. The zero-order valence-corrected chi connectivity index (χ0v) is 6.03. The van der Waals surface area contributed by atoms with Crippen LogP contribution in [0.25, 0.3) is 0 Å². The van der Waals surface area contributed by atoms with Crippen molar-refractivity contribution >= 4 is 30.6 Å². The Morgan fingerprint density at radius 1 is 1.33 bits per heavy atom. The molecule has 0 aliphatic carbocycles. The summed E-state index contributed by atoms with van der Waals surface area (Å²) in [7, 11) is 7.36. The van der Waals surface area contributed by atoms with Gasteiger partial charge in [0.25, 0.3) is 0 Å². The van der Waals surface area contributed by atoms with Crippen LogP contribution in [0.4, 0.5) is 0 Å². The molecule has 0 heterocycles. The molecule has 1 nitrogen and oxygen atoms in total. The maximum atomic E-state index is 9.09. The van der Waals surface area contributed by atoms with Gasteiger partial charge in [-0.3, -0.25) is 0 Å². The first-order valence-corrected chi connectivity index (χ1v) is 3.28. The summed E-state index contributed by atoms with van der Waals surface area (Å²) in [5, 5.41) is 0. The van der Waals surface area contributed by atoms with Crippen LogP contribution in [0.2, 0.25) is 0 Å². The van der Waals surface area contributed by atoms with Gasteiger partial charge in [0.05, 0.1) is 0 Å². The first kappa shape index (κ1) is 15.6. The standard InChI is InChI=1S/Cl2OS.ClH.Li/c1-4(2)3;;/h;1H;/q;;+1/p-1. The summed E-state index contributed by atoms with van der Waals surface area (Å²) in [4.78, 5) is 0. The summed E-state index contributed by atoms with van der Waals surface area (Å²) in [5.74, 6) is 0. The van der Waals surface area contributed by atoms with Crippen LogP contribution in [-0.4, -0.2) is 4.21 Å². The summed E-state index contributed by atoms with van der Waals surface area (Å²) in [6, 6.07) is 0. The predicted octanol–water partition coefficient (Wildman–Crippen LogP) is -4.95. The summed E-state index contributed by atoms with van der Waals surface area (Å²) in [5.41, 5.74) is 0. The third-order valence-electron chi connectivity index (χ3n) is 0. The number of rotatable bonds is 0. The minimum absolute atomic E-state index is 0. The van der Waals surface area contributed by atoms with Crippen molar-refractivity contribution in [2.45, 2.75) is 0 Å². The van der Waals surface area contributed by atoms with Crippen molar-refractivity contribution in [1.82, 2.24) is 0 Å². The summed E-state index contributed by atoms with van der Waals surface area (Å²) in [6.07, 6.45) is 0. The molecule has 0 bridgehead atoms. The second kappa shape index (κ2) is 9.79. The molecule has 0 rings (SSSR count). The molecule has 6 heavy (non-hydrogen) atoms. The van der Waals surface area contributed by atoms with Gasteiger partial charge in [-0.2, -0.15) is 0 Å². The first-order valence-electron chi connectivity index (χ1n) is 0.475. The molecule has 0 spiro atoms. The zero-order chi connectivity index (χ0) is 3.58. The molecule has 0 radical (unpaired) electrons. The van der Waals surface area contributed by atoms with Gasteiger partial charge in [-0.25, -0.2) is 4.21 Å². The van der Waals surface area contributed by atoms with E-state index in [1.165, 1.54) is 0 Å². The fourth-order valence-electron chi connectivity index (χ4n) is 0. The molecule has 34 valence electrons. The van der Waals surface area contributed by atoms with Crippen LogP contribution in [-0.2, 0) is 9.23 Å². The minimum Gasteiger partial charge on any atom is -1.00 e. The van der Waals surface area contributed by atoms with E-state index in [0.717, 1.165) is 0 Å². The van der Waals surface area contributed by atoms with Gasteiger partial charge < -0.3 is 12.4 Å². The smallest absolute Gasteiger partial charge is 1.00 e. The molecule has 6 heteroatoms. The molecule has 0 amide bonds. The van der Waals surface area contributed by atoms with E-state index < -0.39 is 9.23 Å². The monoisotopic (exact) mass is 160 g/mol. The average Bonchev–Trinajstić information content (AvgIpc) is 0.811. The molecule has 0 saturated heterocycles. The topological polar surface area (TPSA) is 17.1 Å². The van der Waals surface area contributed by atoms with Crippen molar-refractivity contribution < 1.29 is 35.5 Å². The molecule has 0 aliphatic heterocycles. The normalized spacial score (nSPS) is 5.83. The van der Waals surface area contributed by atoms with Crippen LogP contribution >= 0.6 is 21.4 Å². The van der Waals surface area contributed by atoms with Crippen molar-refractivity contribution in [3.63, 3.8) is 0 Å². The average molecular weight is 161 g/mol. The number of hydrogen-bond donors (Lipinski definition) is 0. The van der Waals surface area contributed by atoms with Crippen LogP contribution in [0.5, 0.6) is 0 Å². The summed E-state index contributed by atoms with van der Waals surface area (Å²) in [6.45, 7) is 0. The quantitative estimate of drug-likeness (QED) is 0.257. The Hall–Kier alpha value is 1.62. The van der Waals surface area contributed by atoms with Crippen molar-refractivity contribution in [3.05, 3.63) is 0 Å². The molecule has 0 aromatic carbocycles. The first-order chi connectivity index (χ1) is 1.73. The van der Waals surface area contributed by atoms with E-state index in [2.05, 4.69) is 21.4 Å². The van der Waals surface area contributed by atoms with Gasteiger partial charge in [0.15, 0.2) is 0 Å². The molecule has 0 atom stereocenters. The Bertz CT molecular complexity index is 33.8. The third-order valence-corrected chi connectivity index (χ3v) is 0. The minimum atomic E-state index is -1.67. The Balaban J connectivity index is -0.0000000450. The van der Waals surface area contributed by atoms with Gasteiger partial charge in [0.1, 0.15) is 0 Å². The third kappa shape index (κ3) is 45.8. The largest absolute Gasteiger partial charge is 1.00 e. The SMILES string of the molecule is O=S(Cl)Cl.[Cl-].[Li+]. The van der Waals surface area contributed by atoms with Crippen molar-refractivity contribution in [3.8, 4) is 0 Å². The molecule has 0 aromatic heterocycles. The molecule has 0 fully saturated rings. The molecule has 0 aromatic rings. The van der Waals surface area contributed by atoms with E-state index in [1.807, 2.05) is 0 Å². The van der Waals surface area contributed by atoms with Crippen LogP contribution in [0.15, 0.2) is 0 Å². The van der Waals surface area contributed by atoms with Gasteiger partial charge in [-0.1, -0.05) is 0 Å². The van der Waals surface area contributed by atoms with Crippen LogP contribution < -0.4 is 31.3 Å². The molecular weight excluding hydrogens is 161 g/mol. The van der Waals surface area contributed by atoms with Crippen LogP contribution in [0.1, 0.15) is 0 Å². The summed E-state index contributed by atoms with van der Waals surface area (Å²) < 4.78 is 9.09. The van der Waals surface area contributed by atoms with Crippen molar-refractivity contribution in [1.29, 1.82) is 0 Å². The fourth-order valence-corrected chi connectivity index (χ4v) is 0. The van der Waals surface area contributed by atoms with E-state index in [4.69, 9.17) is 4.21 Å². The Kier molecular flexibility index (Phi) is 25.5. The van der Waals surface area contributed by atoms with E-state index >= 15 is 0 Å². The fraction of sp³-hybridized carbons (Fsp3) is 0. The number of halogens is 3. The molecule has 0 N–H and O–H groups in total. The molecular formula is Cl3LiOS. The van der Waals surface area contributed by atoms with Gasteiger partial charge in [-0.05, 0) is 0 Å². The van der Waals surface area contributed by atoms with E-state index in [1.54, 1.807) is 0 Å². The van der Waals surface area contributed by atoms with Gasteiger partial charge in [0, 0.05) is 21.4 Å². The van der Waals surface area contributed by atoms with Gasteiger partial charge >= 0.3 is 18.9 Å². The van der Waals surface area contributed by atoms with E-state index in [9.17, 15) is 0 Å². The van der Waals surface area contributed by atoms with Gasteiger partial charge in [-0.15, -0.1) is 0 Å². The van der Waals surface area contributed by atoms with E-state index in [0.29, 0.717) is 0 Å². The Labute approximate surface area is 65.8 Å². The Morgan fingerprint density at radius 2 is 1.33 bits per heavy atom. The van der Waals surface area contributed by atoms with E-state index in [-0.39, 0.29) is 31.3 Å². The summed E-state index contributed by atoms with van der Waals surface area (Å²) >= 11 is 0. The second-order valence-corrected chi connectivity index (χ2v) is 2.71. The molecule has 0 saturated carbocycles. The Morgan fingerprint density at radius 3 is 1.33 bits per heavy atom. The second-order valence-electron chi connectivity index (χ2n) is 0.184. The molecule has 0 aliphatic rings. The van der Waals surface area contributed by atoms with Gasteiger partial charge in [0.2, 0.25) is 9.23 Å². The maximum absolute atomic E-state index is 9.09. The molecule has 0 unspecified atom stereocenters. The van der Waals surface area contributed by atoms with Crippen LogP contribution in [0, 0.1) is 0 Å². The van der Waals surface area contributed by atoms with Crippen molar-refractivity contribution in [2.75, 3.05) is 0 Å². The maximum Gasteiger partial charge on any atom is 1.00 e. The zero-order valence-electron chi connectivity index (χ0n) is 2.95. The predicted molar refractivity (Wildman–Crippen MR) is 19.8 cm³/mol.